The standard InChI is InChI=1S/C31H44N2O7/c1-29-13-10-20(34)17-19(29)6-7-21-22(29)11-14-30(2)23(21)12-15-31(30,39)25(35)18-40-27(37)9-8-26(36)33-24-5-3-4-16-32-28(24)38/h17,21-24,39H,3-16,18H2,1-2H3,(H,32,38)(H,33,36)/t21-,22-,23-,24+,29+,30+,31+/m1/s1. The molecule has 4 aliphatic carbocycles. The van der Waals surface area contributed by atoms with Crippen LogP contribution < -0.4 is 10.6 Å². The van der Waals surface area contributed by atoms with E-state index in [9.17, 15) is 29.1 Å². The maximum absolute atomic E-state index is 13.4. The van der Waals surface area contributed by atoms with Gasteiger partial charge in [0.2, 0.25) is 17.6 Å². The zero-order chi connectivity index (χ0) is 28.7. The Kier molecular flexibility index (Phi) is 7.98. The number of ketones is 2. The Bertz CT molecular complexity index is 1120. The number of amides is 2. The highest BCUT2D eigenvalue weighted by atomic mass is 16.5. The molecule has 9 nitrogen and oxygen atoms in total. The van der Waals surface area contributed by atoms with Crippen LogP contribution >= 0.6 is 0 Å². The fraction of sp³-hybridized carbons (Fsp3) is 0.774. The summed E-state index contributed by atoms with van der Waals surface area (Å²) in [5.41, 5.74) is -0.827. The maximum atomic E-state index is 13.4. The van der Waals surface area contributed by atoms with Gasteiger partial charge in [-0.1, -0.05) is 19.4 Å². The number of esters is 1. The number of nitrogens with one attached hydrogen (secondary N) is 2. The van der Waals surface area contributed by atoms with E-state index in [-0.39, 0.29) is 35.9 Å². The molecule has 1 heterocycles. The minimum atomic E-state index is -1.55. The molecule has 5 rings (SSSR count). The summed E-state index contributed by atoms with van der Waals surface area (Å²) in [7, 11) is 0. The molecule has 5 aliphatic rings. The molecule has 3 N–H and O–H groups in total. The second-order valence-electron chi connectivity index (χ2n) is 13.3. The van der Waals surface area contributed by atoms with E-state index >= 15 is 0 Å². The molecule has 0 unspecified atom stereocenters. The fourth-order valence-electron chi connectivity index (χ4n) is 8.93. The molecule has 7 atom stereocenters. The highest BCUT2D eigenvalue weighted by Gasteiger charge is 2.66. The van der Waals surface area contributed by atoms with Crippen molar-refractivity contribution in [3.05, 3.63) is 11.6 Å². The van der Waals surface area contributed by atoms with Crippen LogP contribution in [0.1, 0.15) is 97.3 Å². The van der Waals surface area contributed by atoms with E-state index in [4.69, 9.17) is 4.74 Å². The zero-order valence-electron chi connectivity index (χ0n) is 23.9. The molecule has 0 aromatic rings. The van der Waals surface area contributed by atoms with Gasteiger partial charge in [0.15, 0.2) is 12.4 Å². The number of allylic oxidation sites excluding steroid dienone is 1. The van der Waals surface area contributed by atoms with E-state index in [1.807, 2.05) is 13.0 Å². The molecule has 40 heavy (non-hydrogen) atoms. The van der Waals surface area contributed by atoms with Crippen molar-refractivity contribution >= 4 is 29.4 Å². The van der Waals surface area contributed by atoms with Gasteiger partial charge in [0.05, 0.1) is 6.42 Å². The van der Waals surface area contributed by atoms with Crippen molar-refractivity contribution in [2.75, 3.05) is 13.2 Å². The van der Waals surface area contributed by atoms with Crippen LogP contribution in [0.25, 0.3) is 0 Å². The number of ether oxygens (including phenoxy) is 1. The van der Waals surface area contributed by atoms with Crippen molar-refractivity contribution in [1.29, 1.82) is 0 Å². The lowest BCUT2D eigenvalue weighted by atomic mass is 9.46. The quantitative estimate of drug-likeness (QED) is 0.410. The van der Waals surface area contributed by atoms with Crippen LogP contribution in [-0.4, -0.2) is 59.3 Å². The molecule has 3 saturated carbocycles. The lowest BCUT2D eigenvalue weighted by Gasteiger charge is -2.58. The molecule has 0 bridgehead atoms. The molecule has 4 fully saturated rings. The Morgan fingerprint density at radius 2 is 1.77 bits per heavy atom. The van der Waals surface area contributed by atoms with Crippen LogP contribution in [0.4, 0.5) is 0 Å². The fourth-order valence-corrected chi connectivity index (χ4v) is 8.93. The van der Waals surface area contributed by atoms with Crippen LogP contribution in [0.2, 0.25) is 0 Å². The Balaban J connectivity index is 1.15. The summed E-state index contributed by atoms with van der Waals surface area (Å²) in [5.74, 6) is -0.476. The van der Waals surface area contributed by atoms with Crippen molar-refractivity contribution in [1.82, 2.24) is 10.6 Å². The van der Waals surface area contributed by atoms with Gasteiger partial charge in [0.25, 0.3) is 0 Å². The molecule has 0 aromatic heterocycles. The molecule has 2 amide bonds. The minimum absolute atomic E-state index is 0.0186. The van der Waals surface area contributed by atoms with Crippen molar-refractivity contribution in [2.45, 2.75) is 109 Å². The lowest BCUT2D eigenvalue weighted by Crippen LogP contribution is -2.58. The summed E-state index contributed by atoms with van der Waals surface area (Å²) < 4.78 is 5.24. The molecule has 1 saturated heterocycles. The van der Waals surface area contributed by atoms with Crippen LogP contribution in [0.5, 0.6) is 0 Å². The average Bonchev–Trinajstić information content (AvgIpc) is 3.05. The first-order valence-electron chi connectivity index (χ1n) is 15.2. The number of Topliss-reactive ketones (excluding diaryl/α,β-unsaturated/α-hetero) is 1. The van der Waals surface area contributed by atoms with E-state index < -0.39 is 41.3 Å². The van der Waals surface area contributed by atoms with E-state index in [2.05, 4.69) is 17.6 Å². The number of hydrogen-bond acceptors (Lipinski definition) is 7. The summed E-state index contributed by atoms with van der Waals surface area (Å²) in [6, 6.07) is -0.594. The third-order valence-electron chi connectivity index (χ3n) is 11.4. The van der Waals surface area contributed by atoms with Gasteiger partial charge in [-0.25, -0.2) is 0 Å². The van der Waals surface area contributed by atoms with Gasteiger partial charge in [-0.3, -0.25) is 24.0 Å². The lowest BCUT2D eigenvalue weighted by molar-refractivity contribution is -0.170. The van der Waals surface area contributed by atoms with Gasteiger partial charge in [0.1, 0.15) is 11.6 Å². The molecular formula is C31H44N2O7. The van der Waals surface area contributed by atoms with Crippen LogP contribution in [-0.2, 0) is 28.7 Å². The van der Waals surface area contributed by atoms with Gasteiger partial charge < -0.3 is 20.5 Å². The molecule has 0 aromatic carbocycles. The second kappa shape index (κ2) is 11.0. The predicted octanol–water partition coefficient (Wildman–Crippen LogP) is 2.93. The summed E-state index contributed by atoms with van der Waals surface area (Å²) in [4.78, 5) is 62.2. The highest BCUT2D eigenvalue weighted by Crippen LogP contribution is 2.67. The number of rotatable bonds is 7. The summed E-state index contributed by atoms with van der Waals surface area (Å²) in [6.07, 6.45) is 9.91. The molecule has 0 spiro atoms. The normalized spacial score (nSPS) is 39.0. The molecule has 9 heteroatoms. The largest absolute Gasteiger partial charge is 0.458 e. The topological polar surface area (TPSA) is 139 Å². The Morgan fingerprint density at radius 1 is 1.00 bits per heavy atom. The number of aliphatic hydroxyl groups is 1. The predicted molar refractivity (Wildman–Crippen MR) is 146 cm³/mol. The Morgan fingerprint density at radius 3 is 2.58 bits per heavy atom. The molecule has 1 aliphatic heterocycles. The van der Waals surface area contributed by atoms with Crippen LogP contribution in [0.3, 0.4) is 0 Å². The first-order chi connectivity index (χ1) is 19.0. The summed E-state index contributed by atoms with van der Waals surface area (Å²) >= 11 is 0. The van der Waals surface area contributed by atoms with E-state index in [1.165, 1.54) is 5.57 Å². The van der Waals surface area contributed by atoms with Crippen molar-refractivity contribution in [3.63, 3.8) is 0 Å². The number of fused-ring (bicyclic) bond motifs is 5. The van der Waals surface area contributed by atoms with Gasteiger partial charge in [-0.15, -0.1) is 0 Å². The number of carbonyl (C=O) groups excluding carboxylic acids is 5. The monoisotopic (exact) mass is 556 g/mol. The zero-order valence-corrected chi connectivity index (χ0v) is 23.9. The summed E-state index contributed by atoms with van der Waals surface area (Å²) in [5, 5.41) is 17.2. The van der Waals surface area contributed by atoms with Crippen molar-refractivity contribution < 1.29 is 33.8 Å². The molecule has 0 radical (unpaired) electrons. The smallest absolute Gasteiger partial charge is 0.306 e. The van der Waals surface area contributed by atoms with Crippen LogP contribution in [0, 0.1) is 28.6 Å². The van der Waals surface area contributed by atoms with E-state index in [0.717, 1.165) is 51.4 Å². The third-order valence-corrected chi connectivity index (χ3v) is 11.4. The Hall–Kier alpha value is -2.55. The first-order valence-corrected chi connectivity index (χ1v) is 15.2. The van der Waals surface area contributed by atoms with Crippen molar-refractivity contribution in [3.8, 4) is 0 Å². The molecule has 220 valence electrons. The maximum Gasteiger partial charge on any atom is 0.306 e. The van der Waals surface area contributed by atoms with E-state index in [1.54, 1.807) is 0 Å². The van der Waals surface area contributed by atoms with Crippen molar-refractivity contribution in [2.24, 2.45) is 28.6 Å². The average molecular weight is 557 g/mol. The minimum Gasteiger partial charge on any atom is -0.458 e. The summed E-state index contributed by atoms with van der Waals surface area (Å²) in [6.45, 7) is 4.43. The number of hydrogen-bond donors (Lipinski definition) is 3. The van der Waals surface area contributed by atoms with Gasteiger partial charge in [-0.2, -0.15) is 0 Å². The first kappa shape index (κ1) is 29.0. The number of carbonyl (C=O) groups is 5. The van der Waals surface area contributed by atoms with Crippen LogP contribution in [0.15, 0.2) is 11.6 Å². The van der Waals surface area contributed by atoms with Gasteiger partial charge in [0, 0.05) is 24.8 Å². The second-order valence-corrected chi connectivity index (χ2v) is 13.3. The highest BCUT2D eigenvalue weighted by molar-refractivity contribution is 5.92. The third kappa shape index (κ3) is 5.03. The van der Waals surface area contributed by atoms with Gasteiger partial charge >= 0.3 is 5.97 Å². The molecular weight excluding hydrogens is 512 g/mol. The Labute approximate surface area is 236 Å². The SMILES string of the molecule is C[C@]12CCC(=O)C=C1CC[C@@H]1[C@H]2CC[C@@]2(C)[C@@H]1CC[C@]2(O)C(=O)COC(=O)CCC(=O)N[C@H]1CCCCNC1=O. The van der Waals surface area contributed by atoms with E-state index in [0.29, 0.717) is 37.6 Å². The van der Waals surface area contributed by atoms with Gasteiger partial charge in [-0.05, 0) is 93.5 Å².